The zero-order valence-corrected chi connectivity index (χ0v) is 16.7. The maximum Gasteiger partial charge on any atom is 0.405 e. The normalized spacial score (nSPS) is 11.1. The van der Waals surface area contributed by atoms with Crippen molar-refractivity contribution in [1.29, 1.82) is 0 Å². The Kier molecular flexibility index (Phi) is 8.25. The van der Waals surface area contributed by atoms with Crippen LogP contribution in [0.4, 0.5) is 18.9 Å². The molecule has 0 aliphatic heterocycles. The first-order chi connectivity index (χ1) is 14.7. The average Bonchev–Trinajstić information content (AvgIpc) is 2.74. The summed E-state index contributed by atoms with van der Waals surface area (Å²) >= 11 is 0. The number of benzene rings is 2. The van der Waals surface area contributed by atoms with E-state index in [0.717, 1.165) is 0 Å². The molecule has 0 saturated heterocycles. The summed E-state index contributed by atoms with van der Waals surface area (Å²) in [4.78, 5) is 23.8. The summed E-state index contributed by atoms with van der Waals surface area (Å²) in [6.45, 7) is 2.49. The van der Waals surface area contributed by atoms with Crippen LogP contribution in [0.25, 0.3) is 6.08 Å². The minimum Gasteiger partial charge on any atom is -0.493 e. The molecule has 0 heterocycles. The molecule has 0 aliphatic rings. The Morgan fingerprint density at radius 1 is 1.10 bits per heavy atom. The van der Waals surface area contributed by atoms with Crippen molar-refractivity contribution < 1.29 is 32.2 Å². The van der Waals surface area contributed by atoms with E-state index in [2.05, 4.69) is 11.9 Å². The Labute approximate surface area is 177 Å². The van der Waals surface area contributed by atoms with Gasteiger partial charge in [0.25, 0.3) is 5.91 Å². The van der Waals surface area contributed by atoms with E-state index < -0.39 is 24.5 Å². The Morgan fingerprint density at radius 3 is 2.42 bits per heavy atom. The summed E-state index contributed by atoms with van der Waals surface area (Å²) < 4.78 is 47.2. The van der Waals surface area contributed by atoms with Gasteiger partial charge in [0.2, 0.25) is 5.91 Å². The van der Waals surface area contributed by atoms with Crippen molar-refractivity contribution in [3.63, 3.8) is 0 Å². The van der Waals surface area contributed by atoms with Crippen molar-refractivity contribution in [3.05, 3.63) is 72.3 Å². The van der Waals surface area contributed by atoms with Crippen LogP contribution in [0.15, 0.2) is 61.2 Å². The lowest BCUT2D eigenvalue weighted by Crippen LogP contribution is -2.33. The van der Waals surface area contributed by atoms with E-state index in [4.69, 9.17) is 9.47 Å². The molecule has 0 fully saturated rings. The van der Waals surface area contributed by atoms with Gasteiger partial charge in [-0.2, -0.15) is 13.2 Å². The minimum absolute atomic E-state index is 0.0450. The van der Waals surface area contributed by atoms with Gasteiger partial charge in [0.15, 0.2) is 11.5 Å². The zero-order chi connectivity index (χ0) is 22.9. The fraction of sp³-hybridized carbons (Fsp3) is 0.182. The summed E-state index contributed by atoms with van der Waals surface area (Å²) in [5.41, 5.74) is 1.13. The van der Waals surface area contributed by atoms with Gasteiger partial charge in [-0.3, -0.25) is 9.59 Å². The monoisotopic (exact) mass is 434 g/mol. The summed E-state index contributed by atoms with van der Waals surface area (Å²) in [6, 6.07) is 10.6. The quantitative estimate of drug-likeness (QED) is 0.458. The number of carbonyl (C=O) groups excluding carboxylic acids is 2. The van der Waals surface area contributed by atoms with Crippen molar-refractivity contribution in [3.8, 4) is 11.5 Å². The molecule has 2 aromatic carbocycles. The van der Waals surface area contributed by atoms with E-state index in [1.807, 2.05) is 0 Å². The summed E-state index contributed by atoms with van der Waals surface area (Å²) in [5, 5.41) is 4.37. The van der Waals surface area contributed by atoms with E-state index in [-0.39, 0.29) is 5.56 Å². The fourth-order valence-electron chi connectivity index (χ4n) is 2.40. The summed E-state index contributed by atoms with van der Waals surface area (Å²) in [6.07, 6.45) is 0.00896. The molecule has 0 unspecified atom stereocenters. The Balaban J connectivity index is 1.95. The molecule has 2 N–H and O–H groups in total. The number of methoxy groups -OCH3 is 1. The lowest BCUT2D eigenvalue weighted by atomic mass is 10.1. The van der Waals surface area contributed by atoms with Gasteiger partial charge < -0.3 is 20.1 Å². The molecule has 0 aliphatic carbocycles. The first kappa shape index (κ1) is 23.5. The lowest BCUT2D eigenvalue weighted by molar-refractivity contribution is -0.123. The largest absolute Gasteiger partial charge is 0.493 e. The maximum atomic E-state index is 12.2. The number of rotatable bonds is 9. The number of anilines is 1. The van der Waals surface area contributed by atoms with Crippen LogP contribution in [0.5, 0.6) is 11.5 Å². The van der Waals surface area contributed by atoms with Gasteiger partial charge >= 0.3 is 6.18 Å². The predicted molar refractivity (Wildman–Crippen MR) is 111 cm³/mol. The van der Waals surface area contributed by atoms with Crippen LogP contribution in [0.2, 0.25) is 0 Å². The number of halogens is 3. The number of nitrogens with one attached hydrogen (secondary N) is 2. The van der Waals surface area contributed by atoms with E-state index in [0.29, 0.717) is 29.4 Å². The Morgan fingerprint density at radius 2 is 1.81 bits per heavy atom. The van der Waals surface area contributed by atoms with Crippen LogP contribution in [0, 0.1) is 0 Å². The molecule has 2 rings (SSSR count). The van der Waals surface area contributed by atoms with Crippen molar-refractivity contribution in [2.45, 2.75) is 6.18 Å². The molecular weight excluding hydrogens is 413 g/mol. The van der Waals surface area contributed by atoms with E-state index in [1.165, 1.54) is 37.5 Å². The second-order valence-electron chi connectivity index (χ2n) is 6.21. The maximum absolute atomic E-state index is 12.2. The zero-order valence-electron chi connectivity index (χ0n) is 16.7. The first-order valence-corrected chi connectivity index (χ1v) is 9.07. The van der Waals surface area contributed by atoms with Crippen molar-refractivity contribution in [1.82, 2.24) is 5.32 Å². The van der Waals surface area contributed by atoms with Crippen molar-refractivity contribution >= 4 is 23.6 Å². The van der Waals surface area contributed by atoms with Crippen LogP contribution in [-0.4, -0.2) is 38.3 Å². The fourth-order valence-corrected chi connectivity index (χ4v) is 2.40. The SMILES string of the molecule is C=CCOc1ccc(/C=C/C(=O)Nc2ccc(C(=O)NCC(F)(F)F)cc2)cc1OC. The van der Waals surface area contributed by atoms with Gasteiger partial charge in [-0.25, -0.2) is 0 Å². The van der Waals surface area contributed by atoms with E-state index >= 15 is 0 Å². The molecule has 0 spiro atoms. The Bertz CT molecular complexity index is 954. The molecule has 0 radical (unpaired) electrons. The van der Waals surface area contributed by atoms with Crippen LogP contribution in [-0.2, 0) is 4.79 Å². The number of alkyl halides is 3. The summed E-state index contributed by atoms with van der Waals surface area (Å²) in [7, 11) is 1.50. The molecule has 0 atom stereocenters. The second-order valence-corrected chi connectivity index (χ2v) is 6.21. The third-order valence-corrected chi connectivity index (χ3v) is 3.84. The highest BCUT2D eigenvalue weighted by atomic mass is 19.4. The molecule has 2 aromatic rings. The molecule has 0 saturated carbocycles. The van der Waals surface area contributed by atoms with E-state index in [1.54, 1.807) is 35.7 Å². The first-order valence-electron chi connectivity index (χ1n) is 9.07. The molecule has 2 amide bonds. The number of hydrogen-bond acceptors (Lipinski definition) is 4. The topological polar surface area (TPSA) is 76.7 Å². The van der Waals surface area contributed by atoms with E-state index in [9.17, 15) is 22.8 Å². The third-order valence-electron chi connectivity index (χ3n) is 3.84. The van der Waals surface area contributed by atoms with Crippen LogP contribution < -0.4 is 20.1 Å². The van der Waals surface area contributed by atoms with Gasteiger partial charge in [-0.15, -0.1) is 0 Å². The van der Waals surface area contributed by atoms with Crippen molar-refractivity contribution in [2.24, 2.45) is 0 Å². The number of ether oxygens (including phenoxy) is 2. The van der Waals surface area contributed by atoms with Crippen molar-refractivity contribution in [2.75, 3.05) is 25.6 Å². The standard InChI is InChI=1S/C22H21F3N2O4/c1-3-12-31-18-10-4-15(13-19(18)30-2)5-11-20(28)27-17-8-6-16(7-9-17)21(29)26-14-22(23,24)25/h3-11,13H,1,12,14H2,2H3,(H,26,29)(H,27,28)/b11-5+. The molecule has 164 valence electrons. The lowest BCUT2D eigenvalue weighted by Gasteiger charge is -2.10. The highest BCUT2D eigenvalue weighted by Gasteiger charge is 2.27. The average molecular weight is 434 g/mol. The smallest absolute Gasteiger partial charge is 0.405 e. The number of amides is 2. The third kappa shape index (κ3) is 7.88. The van der Waals surface area contributed by atoms with Crippen LogP contribution >= 0.6 is 0 Å². The summed E-state index contributed by atoms with van der Waals surface area (Å²) in [5.74, 6) is -0.239. The molecule has 31 heavy (non-hydrogen) atoms. The van der Waals surface area contributed by atoms with Gasteiger partial charge in [-0.1, -0.05) is 18.7 Å². The number of carbonyl (C=O) groups is 2. The van der Waals surface area contributed by atoms with Crippen LogP contribution in [0.3, 0.4) is 0 Å². The van der Waals surface area contributed by atoms with Gasteiger partial charge in [0, 0.05) is 17.3 Å². The van der Waals surface area contributed by atoms with Gasteiger partial charge in [0.1, 0.15) is 13.2 Å². The predicted octanol–water partition coefficient (Wildman–Crippen LogP) is 4.20. The minimum atomic E-state index is -4.49. The van der Waals surface area contributed by atoms with Gasteiger partial charge in [0.05, 0.1) is 7.11 Å². The Hall–Kier alpha value is -3.75. The molecule has 9 heteroatoms. The molecule has 0 bridgehead atoms. The molecule has 0 aromatic heterocycles. The number of hydrogen-bond donors (Lipinski definition) is 2. The molecule has 6 nitrogen and oxygen atoms in total. The van der Waals surface area contributed by atoms with Crippen LogP contribution in [0.1, 0.15) is 15.9 Å². The highest BCUT2D eigenvalue weighted by Crippen LogP contribution is 2.28. The second kappa shape index (κ2) is 10.9. The molecular formula is C22H21F3N2O4. The van der Waals surface area contributed by atoms with Gasteiger partial charge in [-0.05, 0) is 48.0 Å². The highest BCUT2D eigenvalue weighted by molar-refractivity contribution is 6.02.